The van der Waals surface area contributed by atoms with Crippen molar-refractivity contribution in [1.82, 2.24) is 10.3 Å². The Morgan fingerprint density at radius 3 is 2.63 bits per heavy atom. The number of nitrogens with zero attached hydrogens (tertiary/aromatic N) is 2. The van der Waals surface area contributed by atoms with E-state index >= 15 is 0 Å². The summed E-state index contributed by atoms with van der Waals surface area (Å²) in [7, 11) is 4.13. The van der Waals surface area contributed by atoms with Gasteiger partial charge in [-0.15, -0.1) is 0 Å². The summed E-state index contributed by atoms with van der Waals surface area (Å²) in [5.41, 5.74) is 2.54. The van der Waals surface area contributed by atoms with E-state index < -0.39 is 0 Å². The topological polar surface area (TPSA) is 28.2 Å². The van der Waals surface area contributed by atoms with E-state index in [9.17, 15) is 0 Å². The fourth-order valence-corrected chi connectivity index (χ4v) is 2.09. The smallest absolute Gasteiger partial charge is 0.128 e. The van der Waals surface area contributed by atoms with Crippen LogP contribution in [0.3, 0.4) is 0 Å². The van der Waals surface area contributed by atoms with E-state index in [4.69, 9.17) is 4.98 Å². The summed E-state index contributed by atoms with van der Waals surface area (Å²) in [6.45, 7) is 8.71. The van der Waals surface area contributed by atoms with Crippen LogP contribution in [0.4, 0.5) is 5.82 Å². The van der Waals surface area contributed by atoms with Gasteiger partial charge in [-0.25, -0.2) is 4.98 Å². The van der Waals surface area contributed by atoms with E-state index in [0.717, 1.165) is 37.7 Å². The van der Waals surface area contributed by atoms with Crippen LogP contribution in [0.15, 0.2) is 12.1 Å². The van der Waals surface area contributed by atoms with Crippen LogP contribution in [-0.4, -0.2) is 25.6 Å². The molecule has 3 heteroatoms. The van der Waals surface area contributed by atoms with Gasteiger partial charge in [-0.3, -0.25) is 0 Å². The standard InChI is InChI=1S/C16H29N3/c1-6-7-15-10-14(12-17-4)11-16(18-15)19(5)9-8-13(2)3/h10-11,13,17H,6-9,12H2,1-5H3. The molecule has 3 nitrogen and oxygen atoms in total. The average molecular weight is 263 g/mol. The fraction of sp³-hybridized carbons (Fsp3) is 0.688. The molecule has 0 amide bonds. The Morgan fingerprint density at radius 2 is 2.05 bits per heavy atom. The van der Waals surface area contributed by atoms with Crippen molar-refractivity contribution < 1.29 is 0 Å². The van der Waals surface area contributed by atoms with E-state index in [-0.39, 0.29) is 0 Å². The normalized spacial score (nSPS) is 11.1. The molecule has 0 saturated carbocycles. The number of aryl methyl sites for hydroxylation is 1. The van der Waals surface area contributed by atoms with Gasteiger partial charge >= 0.3 is 0 Å². The van der Waals surface area contributed by atoms with Crippen LogP contribution < -0.4 is 10.2 Å². The molecule has 0 radical (unpaired) electrons. The third kappa shape index (κ3) is 5.60. The third-order valence-corrected chi connectivity index (χ3v) is 3.24. The van der Waals surface area contributed by atoms with Gasteiger partial charge in [-0.2, -0.15) is 0 Å². The minimum absolute atomic E-state index is 0.734. The molecule has 0 atom stereocenters. The van der Waals surface area contributed by atoms with Gasteiger partial charge in [0.1, 0.15) is 5.82 Å². The molecule has 1 heterocycles. The largest absolute Gasteiger partial charge is 0.360 e. The Labute approximate surface area is 118 Å². The van der Waals surface area contributed by atoms with Crippen LogP contribution >= 0.6 is 0 Å². The van der Waals surface area contributed by atoms with Crippen LogP contribution in [0.1, 0.15) is 44.9 Å². The number of rotatable bonds is 8. The minimum atomic E-state index is 0.734. The third-order valence-electron chi connectivity index (χ3n) is 3.24. The van der Waals surface area contributed by atoms with Crippen molar-refractivity contribution in [3.63, 3.8) is 0 Å². The lowest BCUT2D eigenvalue weighted by Gasteiger charge is -2.21. The Balaban J connectivity index is 2.84. The highest BCUT2D eigenvalue weighted by Gasteiger charge is 2.07. The van der Waals surface area contributed by atoms with Gasteiger partial charge in [0.05, 0.1) is 0 Å². The molecular formula is C16H29N3. The molecule has 0 saturated heterocycles. The lowest BCUT2D eigenvalue weighted by Crippen LogP contribution is -2.22. The molecule has 0 aliphatic rings. The number of anilines is 1. The second-order valence-corrected chi connectivity index (χ2v) is 5.71. The van der Waals surface area contributed by atoms with Crippen LogP contribution in [0.5, 0.6) is 0 Å². The summed E-state index contributed by atoms with van der Waals surface area (Å²) in [4.78, 5) is 7.06. The maximum atomic E-state index is 4.78. The molecule has 1 N–H and O–H groups in total. The van der Waals surface area contributed by atoms with Crippen LogP contribution in [0.2, 0.25) is 0 Å². The fourth-order valence-electron chi connectivity index (χ4n) is 2.09. The highest BCUT2D eigenvalue weighted by Crippen LogP contribution is 2.16. The molecule has 0 unspecified atom stereocenters. The molecule has 0 fully saturated rings. The SMILES string of the molecule is CCCc1cc(CNC)cc(N(C)CCC(C)C)n1. The summed E-state index contributed by atoms with van der Waals surface area (Å²) in [6.07, 6.45) is 3.41. The van der Waals surface area contributed by atoms with Gasteiger partial charge in [0, 0.05) is 25.8 Å². The first-order valence-corrected chi connectivity index (χ1v) is 7.42. The van der Waals surface area contributed by atoms with E-state index in [0.29, 0.717) is 0 Å². The molecule has 1 aromatic rings. The molecule has 1 aromatic heterocycles. The van der Waals surface area contributed by atoms with Gasteiger partial charge in [-0.1, -0.05) is 27.2 Å². The van der Waals surface area contributed by atoms with Crippen molar-refractivity contribution in [2.24, 2.45) is 5.92 Å². The maximum absolute atomic E-state index is 4.78. The lowest BCUT2D eigenvalue weighted by molar-refractivity contribution is 0.583. The van der Waals surface area contributed by atoms with Crippen LogP contribution in [0, 0.1) is 5.92 Å². The second-order valence-electron chi connectivity index (χ2n) is 5.71. The van der Waals surface area contributed by atoms with Gasteiger partial charge in [0.25, 0.3) is 0 Å². The van der Waals surface area contributed by atoms with E-state index in [1.807, 2.05) is 7.05 Å². The second kappa shape index (κ2) is 8.16. The zero-order valence-corrected chi connectivity index (χ0v) is 13.2. The zero-order chi connectivity index (χ0) is 14.3. The molecule has 19 heavy (non-hydrogen) atoms. The van der Waals surface area contributed by atoms with E-state index in [2.05, 4.69) is 50.2 Å². The Morgan fingerprint density at radius 1 is 1.32 bits per heavy atom. The number of nitrogens with one attached hydrogen (secondary N) is 1. The number of pyridine rings is 1. The summed E-state index contributed by atoms with van der Waals surface area (Å²) >= 11 is 0. The quantitative estimate of drug-likeness (QED) is 0.780. The van der Waals surface area contributed by atoms with E-state index in [1.165, 1.54) is 17.7 Å². The van der Waals surface area contributed by atoms with E-state index in [1.54, 1.807) is 0 Å². The summed E-state index contributed by atoms with van der Waals surface area (Å²) in [5, 5.41) is 3.22. The van der Waals surface area contributed by atoms with Crippen molar-refractivity contribution in [2.45, 2.75) is 46.6 Å². The van der Waals surface area contributed by atoms with Gasteiger partial charge in [0.2, 0.25) is 0 Å². The zero-order valence-electron chi connectivity index (χ0n) is 13.2. The van der Waals surface area contributed by atoms with Crippen molar-refractivity contribution in [3.05, 3.63) is 23.4 Å². The molecule has 0 aliphatic carbocycles. The van der Waals surface area contributed by atoms with Gasteiger partial charge in [-0.05, 0) is 43.5 Å². The molecule has 1 rings (SSSR count). The lowest BCUT2D eigenvalue weighted by atomic mass is 10.1. The highest BCUT2D eigenvalue weighted by atomic mass is 15.2. The monoisotopic (exact) mass is 263 g/mol. The minimum Gasteiger partial charge on any atom is -0.360 e. The van der Waals surface area contributed by atoms with Gasteiger partial charge in [0.15, 0.2) is 0 Å². The molecule has 0 aromatic carbocycles. The first kappa shape index (κ1) is 16.0. The predicted octanol–water partition coefficient (Wildman–Crippen LogP) is 3.24. The predicted molar refractivity (Wildman–Crippen MR) is 83.7 cm³/mol. The van der Waals surface area contributed by atoms with Crippen molar-refractivity contribution in [2.75, 3.05) is 25.5 Å². The average Bonchev–Trinajstić information content (AvgIpc) is 2.36. The van der Waals surface area contributed by atoms with Crippen LogP contribution in [-0.2, 0) is 13.0 Å². The van der Waals surface area contributed by atoms with Gasteiger partial charge < -0.3 is 10.2 Å². The molecular weight excluding hydrogens is 234 g/mol. The maximum Gasteiger partial charge on any atom is 0.128 e. The number of hydrogen-bond acceptors (Lipinski definition) is 3. The summed E-state index contributed by atoms with van der Waals surface area (Å²) in [6, 6.07) is 4.43. The van der Waals surface area contributed by atoms with Crippen molar-refractivity contribution in [1.29, 1.82) is 0 Å². The summed E-state index contributed by atoms with van der Waals surface area (Å²) < 4.78 is 0. The Kier molecular flexibility index (Phi) is 6.85. The first-order chi connectivity index (χ1) is 9.06. The Hall–Kier alpha value is -1.09. The number of aromatic nitrogens is 1. The molecule has 0 aliphatic heterocycles. The highest BCUT2D eigenvalue weighted by molar-refractivity contribution is 5.42. The van der Waals surface area contributed by atoms with Crippen molar-refractivity contribution in [3.8, 4) is 0 Å². The molecule has 0 bridgehead atoms. The summed E-state index contributed by atoms with van der Waals surface area (Å²) in [5.74, 6) is 1.84. The number of hydrogen-bond donors (Lipinski definition) is 1. The van der Waals surface area contributed by atoms with Crippen LogP contribution in [0.25, 0.3) is 0 Å². The Bertz CT molecular complexity index is 350. The van der Waals surface area contributed by atoms with Crippen molar-refractivity contribution >= 4 is 5.82 Å². The first-order valence-electron chi connectivity index (χ1n) is 7.42. The molecule has 108 valence electrons. The molecule has 0 spiro atoms.